The number of benzene rings is 2. The summed E-state index contributed by atoms with van der Waals surface area (Å²) in [6.07, 6.45) is 11.0. The smallest absolute Gasteiger partial charge is 0.312 e. The SMILES string of the molecule is CCCCC1=CC(N2CCCCC2)(C(O)(c2ccccc2)c2ccccc2)C=CC1(O)C(C)(C)C(=O)O. The Balaban J connectivity index is 2.04. The molecule has 0 radical (unpaired) electrons. The zero-order valence-electron chi connectivity index (χ0n) is 22.4. The summed E-state index contributed by atoms with van der Waals surface area (Å²) in [6.45, 7) is 6.83. The average Bonchev–Trinajstić information content (AvgIpc) is 2.93. The molecule has 2 aliphatic rings. The van der Waals surface area contributed by atoms with Gasteiger partial charge in [-0.25, -0.2) is 0 Å². The van der Waals surface area contributed by atoms with Crippen molar-refractivity contribution in [2.45, 2.75) is 76.0 Å². The fraction of sp³-hybridized carbons (Fsp3) is 0.469. The summed E-state index contributed by atoms with van der Waals surface area (Å²) >= 11 is 0. The Bertz CT molecular complexity index is 1090. The van der Waals surface area contributed by atoms with Crippen molar-refractivity contribution in [3.05, 3.63) is 95.6 Å². The number of aliphatic carboxylic acids is 1. The predicted octanol–water partition coefficient (Wildman–Crippen LogP) is 5.68. The van der Waals surface area contributed by atoms with E-state index in [1.54, 1.807) is 19.9 Å². The number of aliphatic hydroxyl groups is 2. The molecule has 1 aliphatic heterocycles. The molecule has 5 nitrogen and oxygen atoms in total. The molecule has 1 heterocycles. The van der Waals surface area contributed by atoms with Gasteiger partial charge >= 0.3 is 5.97 Å². The van der Waals surface area contributed by atoms with E-state index in [1.165, 1.54) is 0 Å². The van der Waals surface area contributed by atoms with Crippen molar-refractivity contribution in [2.75, 3.05) is 13.1 Å². The lowest BCUT2D eigenvalue weighted by atomic mass is 9.60. The van der Waals surface area contributed by atoms with Gasteiger partial charge in [-0.15, -0.1) is 0 Å². The predicted molar refractivity (Wildman–Crippen MR) is 147 cm³/mol. The molecular weight excluding hydrogens is 462 g/mol. The highest BCUT2D eigenvalue weighted by molar-refractivity contribution is 5.77. The highest BCUT2D eigenvalue weighted by Crippen LogP contribution is 2.52. The van der Waals surface area contributed by atoms with E-state index in [0.29, 0.717) is 12.0 Å². The molecular formula is C32H41NO4. The summed E-state index contributed by atoms with van der Waals surface area (Å²) in [7, 11) is 0. The molecule has 2 unspecified atom stereocenters. The molecule has 1 aliphatic carbocycles. The molecule has 1 fully saturated rings. The van der Waals surface area contributed by atoms with Crippen LogP contribution >= 0.6 is 0 Å². The molecule has 2 atom stereocenters. The van der Waals surface area contributed by atoms with Crippen LogP contribution in [0.3, 0.4) is 0 Å². The standard InChI is InChI=1S/C32H41NO4/c1-4-5-15-27-24-30(33-22-13-8-14-23-33,20-21-31(27,36)29(2,3)28(34)35)32(37,25-16-9-6-10-17-25)26-18-11-7-12-19-26/h6-7,9-12,16-21,24,36-37H,4-5,8,13-15,22-23H2,1-3H3,(H,34,35). The molecule has 4 rings (SSSR count). The van der Waals surface area contributed by atoms with Crippen LogP contribution in [-0.4, -0.2) is 50.4 Å². The van der Waals surface area contributed by atoms with Crippen LogP contribution in [0.2, 0.25) is 0 Å². The second-order valence-electron chi connectivity index (χ2n) is 11.1. The fourth-order valence-corrected chi connectivity index (χ4v) is 6.08. The first kappa shape index (κ1) is 27.3. The number of piperidine rings is 1. The van der Waals surface area contributed by atoms with Crippen molar-refractivity contribution in [1.82, 2.24) is 4.90 Å². The molecule has 0 aromatic heterocycles. The van der Waals surface area contributed by atoms with Crippen LogP contribution in [0.1, 0.15) is 70.4 Å². The lowest BCUT2D eigenvalue weighted by Gasteiger charge is -2.56. The second kappa shape index (κ2) is 10.6. The minimum absolute atomic E-state index is 0.545. The molecule has 0 bridgehead atoms. The maximum atomic E-state index is 13.1. The first-order valence-electron chi connectivity index (χ1n) is 13.6. The van der Waals surface area contributed by atoms with Crippen molar-refractivity contribution in [2.24, 2.45) is 5.41 Å². The number of carbonyl (C=O) groups is 1. The van der Waals surface area contributed by atoms with E-state index in [-0.39, 0.29) is 0 Å². The molecule has 37 heavy (non-hydrogen) atoms. The molecule has 0 saturated carbocycles. The van der Waals surface area contributed by atoms with Gasteiger partial charge in [0.15, 0.2) is 0 Å². The Morgan fingerprint density at radius 1 is 0.919 bits per heavy atom. The van der Waals surface area contributed by atoms with Crippen LogP contribution in [0.25, 0.3) is 0 Å². The van der Waals surface area contributed by atoms with E-state index in [9.17, 15) is 20.1 Å². The highest BCUT2D eigenvalue weighted by atomic mass is 16.4. The summed E-state index contributed by atoms with van der Waals surface area (Å²) < 4.78 is 0. The lowest BCUT2D eigenvalue weighted by molar-refractivity contribution is -0.157. The van der Waals surface area contributed by atoms with Gasteiger partial charge in [-0.3, -0.25) is 9.69 Å². The third kappa shape index (κ3) is 4.47. The highest BCUT2D eigenvalue weighted by Gasteiger charge is 2.59. The van der Waals surface area contributed by atoms with Gasteiger partial charge in [-0.05, 0) is 75.4 Å². The van der Waals surface area contributed by atoms with Gasteiger partial charge in [-0.1, -0.05) is 92.6 Å². The van der Waals surface area contributed by atoms with Gasteiger partial charge in [0.2, 0.25) is 0 Å². The zero-order valence-corrected chi connectivity index (χ0v) is 22.4. The van der Waals surface area contributed by atoms with Crippen LogP contribution in [-0.2, 0) is 10.4 Å². The Morgan fingerprint density at radius 3 is 1.95 bits per heavy atom. The Morgan fingerprint density at radius 2 is 1.46 bits per heavy atom. The third-order valence-electron chi connectivity index (χ3n) is 8.59. The number of unbranched alkanes of at least 4 members (excludes halogenated alkanes) is 1. The van der Waals surface area contributed by atoms with Crippen molar-refractivity contribution in [3.63, 3.8) is 0 Å². The molecule has 0 spiro atoms. The van der Waals surface area contributed by atoms with E-state index in [0.717, 1.165) is 56.3 Å². The number of nitrogens with zero attached hydrogens (tertiary/aromatic N) is 1. The third-order valence-corrected chi connectivity index (χ3v) is 8.59. The van der Waals surface area contributed by atoms with Gasteiger partial charge in [0.25, 0.3) is 0 Å². The maximum Gasteiger partial charge on any atom is 0.312 e. The fourth-order valence-electron chi connectivity index (χ4n) is 6.08. The second-order valence-corrected chi connectivity index (χ2v) is 11.1. The number of rotatable bonds is 9. The molecule has 3 N–H and O–H groups in total. The summed E-state index contributed by atoms with van der Waals surface area (Å²) in [5.74, 6) is -1.06. The van der Waals surface area contributed by atoms with Crippen molar-refractivity contribution < 1.29 is 20.1 Å². The van der Waals surface area contributed by atoms with Gasteiger partial charge in [0.05, 0.1) is 11.0 Å². The van der Waals surface area contributed by atoms with Crippen LogP contribution in [0.4, 0.5) is 0 Å². The number of carboxylic acid groups (broad SMARTS) is 1. The van der Waals surface area contributed by atoms with E-state index >= 15 is 0 Å². The summed E-state index contributed by atoms with van der Waals surface area (Å²) in [4.78, 5) is 14.7. The topological polar surface area (TPSA) is 81.0 Å². The van der Waals surface area contributed by atoms with Crippen LogP contribution in [0, 0.1) is 5.41 Å². The maximum absolute atomic E-state index is 13.1. The van der Waals surface area contributed by atoms with E-state index in [2.05, 4.69) is 11.8 Å². The molecule has 198 valence electrons. The van der Waals surface area contributed by atoms with Crippen molar-refractivity contribution >= 4 is 5.97 Å². The molecule has 5 heteroatoms. The Labute approximate surface area is 221 Å². The summed E-state index contributed by atoms with van der Waals surface area (Å²) in [5, 5.41) is 35.2. The Hall–Kier alpha value is -2.73. The first-order valence-corrected chi connectivity index (χ1v) is 13.6. The molecule has 2 aromatic carbocycles. The van der Waals surface area contributed by atoms with Crippen molar-refractivity contribution in [1.29, 1.82) is 0 Å². The Kier molecular flexibility index (Phi) is 7.80. The lowest BCUT2D eigenvalue weighted by Crippen LogP contribution is -2.64. The number of hydrogen-bond acceptors (Lipinski definition) is 4. The van der Waals surface area contributed by atoms with Gasteiger partial charge in [-0.2, -0.15) is 0 Å². The van der Waals surface area contributed by atoms with Crippen LogP contribution < -0.4 is 0 Å². The number of likely N-dealkylation sites (tertiary alicyclic amines) is 1. The molecule has 0 amide bonds. The van der Waals surface area contributed by atoms with E-state index in [1.807, 2.05) is 72.8 Å². The summed E-state index contributed by atoms with van der Waals surface area (Å²) in [6, 6.07) is 19.4. The average molecular weight is 504 g/mol. The van der Waals surface area contributed by atoms with Gasteiger partial charge < -0.3 is 15.3 Å². The number of hydrogen-bond donors (Lipinski definition) is 3. The van der Waals surface area contributed by atoms with Gasteiger partial charge in [0, 0.05) is 0 Å². The minimum Gasteiger partial charge on any atom is -0.481 e. The quantitative estimate of drug-likeness (QED) is 0.384. The van der Waals surface area contributed by atoms with Gasteiger partial charge in [0.1, 0.15) is 11.2 Å². The van der Waals surface area contributed by atoms with Crippen molar-refractivity contribution in [3.8, 4) is 0 Å². The first-order chi connectivity index (χ1) is 17.6. The monoisotopic (exact) mass is 503 g/mol. The largest absolute Gasteiger partial charge is 0.481 e. The molecule has 1 saturated heterocycles. The van der Waals surface area contributed by atoms with Crippen LogP contribution in [0.5, 0.6) is 0 Å². The van der Waals surface area contributed by atoms with Crippen LogP contribution in [0.15, 0.2) is 84.5 Å². The number of carboxylic acids is 1. The zero-order chi connectivity index (χ0) is 26.7. The van der Waals surface area contributed by atoms with E-state index in [4.69, 9.17) is 0 Å². The normalized spacial score (nSPS) is 25.1. The summed E-state index contributed by atoms with van der Waals surface area (Å²) in [5.41, 5.74) is -3.46. The van der Waals surface area contributed by atoms with E-state index < -0.39 is 28.1 Å². The minimum atomic E-state index is -1.68. The molecule has 2 aromatic rings.